The molecular formula is C22H22N6O2. The number of aromatic nitrogens is 5. The van der Waals surface area contributed by atoms with Crippen LogP contribution >= 0.6 is 0 Å². The Balaban J connectivity index is 1.87. The van der Waals surface area contributed by atoms with Crippen LogP contribution in [0, 0.1) is 20.8 Å². The largest absolute Gasteiger partial charge is 0.462 e. The number of nitrogens with one attached hydrogen (secondary N) is 1. The third-order valence-electron chi connectivity index (χ3n) is 4.60. The zero-order valence-electron chi connectivity index (χ0n) is 17.3. The fraction of sp³-hybridized carbons (Fsp3) is 0.227. The van der Waals surface area contributed by atoms with Gasteiger partial charge in [-0.2, -0.15) is 9.78 Å². The van der Waals surface area contributed by atoms with Crippen LogP contribution < -0.4 is 5.32 Å². The second kappa shape index (κ2) is 7.90. The molecule has 8 heteroatoms. The lowest BCUT2D eigenvalue weighted by Gasteiger charge is -2.12. The van der Waals surface area contributed by atoms with Crippen LogP contribution in [0.25, 0.3) is 16.7 Å². The van der Waals surface area contributed by atoms with Crippen molar-refractivity contribution in [3.63, 3.8) is 0 Å². The van der Waals surface area contributed by atoms with Crippen LogP contribution in [0.3, 0.4) is 0 Å². The summed E-state index contributed by atoms with van der Waals surface area (Å²) in [5.74, 6) is 0.875. The molecule has 0 aliphatic carbocycles. The van der Waals surface area contributed by atoms with E-state index in [9.17, 15) is 4.79 Å². The van der Waals surface area contributed by atoms with Gasteiger partial charge in [0.2, 0.25) is 5.95 Å². The van der Waals surface area contributed by atoms with Gasteiger partial charge in [-0.25, -0.2) is 19.7 Å². The Morgan fingerprint density at radius 2 is 1.80 bits per heavy atom. The molecule has 3 heterocycles. The molecule has 152 valence electrons. The highest BCUT2D eigenvalue weighted by Gasteiger charge is 2.22. The summed E-state index contributed by atoms with van der Waals surface area (Å²) in [4.78, 5) is 26.1. The molecule has 3 aromatic heterocycles. The van der Waals surface area contributed by atoms with Crippen LogP contribution in [0.1, 0.15) is 34.2 Å². The lowest BCUT2D eigenvalue weighted by Crippen LogP contribution is -2.12. The number of benzene rings is 1. The van der Waals surface area contributed by atoms with Gasteiger partial charge in [0.15, 0.2) is 11.6 Å². The Kier molecular flexibility index (Phi) is 5.14. The molecule has 0 spiro atoms. The van der Waals surface area contributed by atoms with E-state index in [4.69, 9.17) is 9.72 Å². The number of hydrogen-bond donors (Lipinski definition) is 1. The van der Waals surface area contributed by atoms with Gasteiger partial charge in [-0.3, -0.25) is 0 Å². The van der Waals surface area contributed by atoms with Crippen molar-refractivity contribution in [2.45, 2.75) is 27.7 Å². The van der Waals surface area contributed by atoms with Gasteiger partial charge in [0.05, 0.1) is 18.3 Å². The summed E-state index contributed by atoms with van der Waals surface area (Å²) in [5.41, 5.74) is 3.81. The van der Waals surface area contributed by atoms with Gasteiger partial charge in [-0.05, 0) is 51.5 Å². The Morgan fingerprint density at radius 1 is 1.07 bits per heavy atom. The van der Waals surface area contributed by atoms with Gasteiger partial charge in [0.1, 0.15) is 5.56 Å². The number of hydrogen-bond acceptors (Lipinski definition) is 7. The Hall–Kier alpha value is -3.81. The zero-order chi connectivity index (χ0) is 21.3. The number of fused-ring (bicyclic) bond motifs is 1. The van der Waals surface area contributed by atoms with E-state index < -0.39 is 5.97 Å². The molecule has 30 heavy (non-hydrogen) atoms. The van der Waals surface area contributed by atoms with E-state index in [1.54, 1.807) is 11.6 Å². The molecule has 0 radical (unpaired) electrons. The van der Waals surface area contributed by atoms with Crippen LogP contribution in [0.2, 0.25) is 0 Å². The molecule has 0 amide bonds. The first-order valence-corrected chi connectivity index (χ1v) is 9.67. The monoisotopic (exact) mass is 402 g/mol. The molecule has 0 bridgehead atoms. The number of carbonyl (C=O) groups excluding carboxylic acids is 1. The van der Waals surface area contributed by atoms with E-state index in [2.05, 4.69) is 20.4 Å². The van der Waals surface area contributed by atoms with Crippen molar-refractivity contribution >= 4 is 28.6 Å². The Bertz CT molecular complexity index is 1230. The predicted molar refractivity (Wildman–Crippen MR) is 114 cm³/mol. The van der Waals surface area contributed by atoms with Crippen LogP contribution in [-0.2, 0) is 4.74 Å². The lowest BCUT2D eigenvalue weighted by molar-refractivity contribution is 0.0527. The molecule has 1 aromatic carbocycles. The van der Waals surface area contributed by atoms with Crippen molar-refractivity contribution < 1.29 is 9.53 Å². The fourth-order valence-corrected chi connectivity index (χ4v) is 3.33. The maximum absolute atomic E-state index is 12.5. The second-order valence-corrected chi connectivity index (χ2v) is 6.95. The van der Waals surface area contributed by atoms with Crippen molar-refractivity contribution in [2.24, 2.45) is 0 Å². The number of anilines is 2. The summed E-state index contributed by atoms with van der Waals surface area (Å²) >= 11 is 0. The molecule has 1 N–H and O–H groups in total. The van der Waals surface area contributed by atoms with Gasteiger partial charge in [0.25, 0.3) is 0 Å². The van der Waals surface area contributed by atoms with Crippen molar-refractivity contribution in [3.05, 3.63) is 65.1 Å². The summed E-state index contributed by atoms with van der Waals surface area (Å²) in [6.07, 6.45) is 1.47. The number of ether oxygens (including phenoxy) is 1. The summed E-state index contributed by atoms with van der Waals surface area (Å²) in [7, 11) is 0. The number of nitrogens with zero attached hydrogens (tertiary/aromatic N) is 5. The maximum atomic E-state index is 12.5. The summed E-state index contributed by atoms with van der Waals surface area (Å²) < 4.78 is 6.78. The molecule has 4 aromatic rings. The number of carbonyl (C=O) groups is 1. The minimum absolute atomic E-state index is 0.261. The first-order chi connectivity index (χ1) is 14.5. The van der Waals surface area contributed by atoms with Gasteiger partial charge >= 0.3 is 5.97 Å². The van der Waals surface area contributed by atoms with E-state index >= 15 is 0 Å². The first kappa shape index (κ1) is 19.5. The minimum atomic E-state index is -0.479. The molecule has 0 atom stereocenters. The predicted octanol–water partition coefficient (Wildman–Crippen LogP) is 4.06. The van der Waals surface area contributed by atoms with Crippen molar-refractivity contribution in [3.8, 4) is 5.82 Å². The van der Waals surface area contributed by atoms with Crippen LogP contribution in [-0.4, -0.2) is 37.3 Å². The minimum Gasteiger partial charge on any atom is -0.462 e. The van der Waals surface area contributed by atoms with Crippen LogP contribution in [0.15, 0.2) is 42.6 Å². The smallest absolute Gasteiger partial charge is 0.343 e. The van der Waals surface area contributed by atoms with Gasteiger partial charge < -0.3 is 10.1 Å². The van der Waals surface area contributed by atoms with Crippen molar-refractivity contribution in [1.29, 1.82) is 0 Å². The zero-order valence-corrected chi connectivity index (χ0v) is 17.3. The molecule has 0 aliphatic rings. The van der Waals surface area contributed by atoms with Crippen molar-refractivity contribution in [1.82, 2.24) is 24.7 Å². The fourth-order valence-electron chi connectivity index (χ4n) is 3.33. The van der Waals surface area contributed by atoms with Gasteiger partial charge in [-0.15, -0.1) is 0 Å². The third kappa shape index (κ3) is 3.71. The van der Waals surface area contributed by atoms with Gasteiger partial charge in [0, 0.05) is 16.8 Å². The highest BCUT2D eigenvalue weighted by atomic mass is 16.5. The van der Waals surface area contributed by atoms with E-state index in [1.165, 1.54) is 6.20 Å². The summed E-state index contributed by atoms with van der Waals surface area (Å²) in [6, 6.07) is 11.7. The average Bonchev–Trinajstić information content (AvgIpc) is 3.11. The van der Waals surface area contributed by atoms with E-state index in [1.807, 2.05) is 57.2 Å². The molecule has 0 saturated carbocycles. The number of para-hydroxylation sites is 1. The number of pyridine rings is 1. The lowest BCUT2D eigenvalue weighted by atomic mass is 10.1. The van der Waals surface area contributed by atoms with E-state index in [-0.39, 0.29) is 12.2 Å². The molecule has 0 saturated heterocycles. The Morgan fingerprint density at radius 3 is 2.53 bits per heavy atom. The number of rotatable bonds is 5. The van der Waals surface area contributed by atoms with Crippen LogP contribution in [0.5, 0.6) is 0 Å². The molecule has 8 nitrogen and oxygen atoms in total. The first-order valence-electron chi connectivity index (χ1n) is 9.67. The number of aryl methyl sites for hydroxylation is 3. The quantitative estimate of drug-likeness (QED) is 0.503. The highest BCUT2D eigenvalue weighted by Crippen LogP contribution is 2.26. The molecule has 0 unspecified atom stereocenters. The average molecular weight is 402 g/mol. The van der Waals surface area contributed by atoms with Gasteiger partial charge in [-0.1, -0.05) is 18.2 Å². The SMILES string of the molecule is CCOC(=O)c1cnn(-c2cc(C)c3ccccc3n2)c1Nc1nc(C)cc(C)n1. The maximum Gasteiger partial charge on any atom is 0.343 e. The standard InChI is InChI=1S/C22H22N6O2/c1-5-30-21(29)17-12-23-28(20(17)27-22-24-14(3)11-15(4)25-22)19-10-13(2)16-8-6-7-9-18(16)26-19/h6-12H,5H2,1-4H3,(H,24,25,27). The normalized spacial score (nSPS) is 10.9. The Labute approximate surface area is 174 Å². The molecule has 0 fully saturated rings. The molecular weight excluding hydrogens is 380 g/mol. The number of esters is 1. The summed E-state index contributed by atoms with van der Waals surface area (Å²) in [6.45, 7) is 7.81. The second-order valence-electron chi connectivity index (χ2n) is 6.95. The highest BCUT2D eigenvalue weighted by molar-refractivity contribution is 5.95. The summed E-state index contributed by atoms with van der Waals surface area (Å²) in [5, 5.41) is 8.62. The van der Waals surface area contributed by atoms with Crippen LogP contribution in [0.4, 0.5) is 11.8 Å². The van der Waals surface area contributed by atoms with E-state index in [0.717, 1.165) is 27.9 Å². The molecule has 0 aliphatic heterocycles. The molecule has 4 rings (SSSR count). The van der Waals surface area contributed by atoms with E-state index in [0.29, 0.717) is 17.6 Å². The third-order valence-corrected chi connectivity index (χ3v) is 4.60. The topological polar surface area (TPSA) is 94.8 Å². The van der Waals surface area contributed by atoms with Crippen molar-refractivity contribution in [2.75, 3.05) is 11.9 Å².